The van der Waals surface area contributed by atoms with Gasteiger partial charge in [0.05, 0.1) is 5.69 Å². The Morgan fingerprint density at radius 2 is 1.95 bits per heavy atom. The third kappa shape index (κ3) is 5.50. The number of carbonyl (C=O) groups excluding carboxylic acids is 1. The van der Waals surface area contributed by atoms with Crippen molar-refractivity contribution in [1.82, 2.24) is 5.32 Å². The van der Waals surface area contributed by atoms with E-state index in [0.29, 0.717) is 16.6 Å². The lowest BCUT2D eigenvalue weighted by Gasteiger charge is -2.17. The second-order valence-electron chi connectivity index (χ2n) is 4.74. The van der Waals surface area contributed by atoms with Gasteiger partial charge in [0.15, 0.2) is 0 Å². The van der Waals surface area contributed by atoms with Crippen molar-refractivity contribution >= 4 is 49.5 Å². The first-order chi connectivity index (χ1) is 9.29. The molecule has 0 fully saturated rings. The van der Waals surface area contributed by atoms with Gasteiger partial charge in [0, 0.05) is 8.95 Å². The molecule has 110 valence electrons. The van der Waals surface area contributed by atoms with E-state index in [2.05, 4.69) is 42.5 Å². The molecule has 0 saturated carbocycles. The summed E-state index contributed by atoms with van der Waals surface area (Å²) in [6, 6.07) is 3.85. The summed E-state index contributed by atoms with van der Waals surface area (Å²) in [6.45, 7) is 3.81. The number of carboxylic acids is 1. The van der Waals surface area contributed by atoms with E-state index in [1.807, 2.05) is 13.8 Å². The number of rotatable bonds is 5. The molecule has 5 nitrogen and oxygen atoms in total. The smallest absolute Gasteiger partial charge is 0.326 e. The molecule has 0 aliphatic heterocycles. The van der Waals surface area contributed by atoms with Crippen molar-refractivity contribution in [3.05, 3.63) is 27.1 Å². The van der Waals surface area contributed by atoms with Crippen LogP contribution >= 0.6 is 31.9 Å². The first-order valence-electron chi connectivity index (χ1n) is 6.05. The van der Waals surface area contributed by atoms with Gasteiger partial charge in [-0.15, -0.1) is 0 Å². The highest BCUT2D eigenvalue weighted by molar-refractivity contribution is 9.11. The molecule has 0 bridgehead atoms. The van der Waals surface area contributed by atoms with E-state index in [4.69, 9.17) is 5.11 Å². The van der Waals surface area contributed by atoms with Crippen molar-refractivity contribution in [1.29, 1.82) is 0 Å². The van der Waals surface area contributed by atoms with Crippen LogP contribution in [0.25, 0.3) is 0 Å². The normalized spacial score (nSPS) is 12.1. The Balaban J connectivity index is 2.68. The van der Waals surface area contributed by atoms with Crippen molar-refractivity contribution in [2.45, 2.75) is 26.3 Å². The predicted octanol–water partition coefficient (Wildman–Crippen LogP) is 3.83. The summed E-state index contributed by atoms with van der Waals surface area (Å²) >= 11 is 6.64. The molecule has 0 aliphatic carbocycles. The van der Waals surface area contributed by atoms with Gasteiger partial charge < -0.3 is 15.7 Å². The van der Waals surface area contributed by atoms with Crippen molar-refractivity contribution < 1.29 is 14.7 Å². The zero-order valence-electron chi connectivity index (χ0n) is 11.1. The molecular weight excluding hydrogens is 392 g/mol. The Morgan fingerprint density at radius 3 is 2.45 bits per heavy atom. The molecule has 0 unspecified atom stereocenters. The Bertz CT molecular complexity index is 506. The summed E-state index contributed by atoms with van der Waals surface area (Å²) in [7, 11) is 0. The van der Waals surface area contributed by atoms with Crippen LogP contribution in [-0.4, -0.2) is 23.1 Å². The van der Waals surface area contributed by atoms with E-state index >= 15 is 0 Å². The molecule has 1 aromatic carbocycles. The third-order valence-electron chi connectivity index (χ3n) is 2.49. The minimum absolute atomic E-state index is 0.177. The summed E-state index contributed by atoms with van der Waals surface area (Å²) in [5.41, 5.74) is 0.569. The van der Waals surface area contributed by atoms with Crippen LogP contribution in [0.1, 0.15) is 20.3 Å². The number of nitrogens with one attached hydrogen (secondary N) is 2. The Hall–Kier alpha value is -1.08. The fourth-order valence-corrected chi connectivity index (χ4v) is 2.75. The Morgan fingerprint density at radius 1 is 1.30 bits per heavy atom. The van der Waals surface area contributed by atoms with E-state index in [1.165, 1.54) is 0 Å². The zero-order chi connectivity index (χ0) is 15.3. The second-order valence-corrected chi connectivity index (χ2v) is 6.51. The summed E-state index contributed by atoms with van der Waals surface area (Å²) < 4.78 is 1.58. The van der Waals surface area contributed by atoms with E-state index < -0.39 is 18.0 Å². The van der Waals surface area contributed by atoms with Crippen LogP contribution in [0.2, 0.25) is 0 Å². The van der Waals surface area contributed by atoms with E-state index in [9.17, 15) is 9.59 Å². The number of carbonyl (C=O) groups is 2. The van der Waals surface area contributed by atoms with Gasteiger partial charge in [0.25, 0.3) is 0 Å². The number of aliphatic carboxylic acids is 1. The average molecular weight is 408 g/mol. The molecule has 0 aromatic heterocycles. The van der Waals surface area contributed by atoms with Gasteiger partial charge in [-0.3, -0.25) is 0 Å². The minimum Gasteiger partial charge on any atom is -0.480 e. The Labute approximate surface area is 134 Å². The Kier molecular flexibility index (Phi) is 6.48. The van der Waals surface area contributed by atoms with Crippen LogP contribution in [0, 0.1) is 5.92 Å². The zero-order valence-corrected chi connectivity index (χ0v) is 14.3. The first kappa shape index (κ1) is 17.0. The lowest BCUT2D eigenvalue weighted by atomic mass is 10.0. The largest absolute Gasteiger partial charge is 0.480 e. The van der Waals surface area contributed by atoms with E-state index in [-0.39, 0.29) is 5.92 Å². The van der Waals surface area contributed by atoms with Crippen LogP contribution in [0.4, 0.5) is 10.5 Å². The number of hydrogen-bond acceptors (Lipinski definition) is 2. The SMILES string of the molecule is CC(C)C[C@@H](NC(=O)Nc1ccc(Br)cc1Br)C(=O)O. The van der Waals surface area contributed by atoms with Crippen molar-refractivity contribution in [3.8, 4) is 0 Å². The number of halogens is 2. The van der Waals surface area contributed by atoms with Gasteiger partial charge >= 0.3 is 12.0 Å². The third-order valence-corrected chi connectivity index (χ3v) is 3.64. The molecule has 20 heavy (non-hydrogen) atoms. The van der Waals surface area contributed by atoms with Crippen molar-refractivity contribution in [2.75, 3.05) is 5.32 Å². The number of anilines is 1. The number of amides is 2. The molecule has 7 heteroatoms. The van der Waals surface area contributed by atoms with Gasteiger partial charge in [-0.25, -0.2) is 9.59 Å². The van der Waals surface area contributed by atoms with Gasteiger partial charge in [0.1, 0.15) is 6.04 Å². The van der Waals surface area contributed by atoms with Crippen LogP contribution in [0.3, 0.4) is 0 Å². The van der Waals surface area contributed by atoms with Gasteiger partial charge in [0.2, 0.25) is 0 Å². The molecule has 0 heterocycles. The van der Waals surface area contributed by atoms with Crippen LogP contribution in [0.5, 0.6) is 0 Å². The lowest BCUT2D eigenvalue weighted by Crippen LogP contribution is -2.43. The van der Waals surface area contributed by atoms with Crippen molar-refractivity contribution in [2.24, 2.45) is 5.92 Å². The standard InChI is InChI=1S/C13H16Br2N2O3/c1-7(2)5-11(12(18)19)17-13(20)16-10-4-3-8(14)6-9(10)15/h3-4,6-7,11H,5H2,1-2H3,(H,18,19)(H2,16,17,20)/t11-/m1/s1. The molecule has 0 saturated heterocycles. The summed E-state index contributed by atoms with van der Waals surface area (Å²) in [6.07, 6.45) is 0.379. The monoisotopic (exact) mass is 406 g/mol. The highest BCUT2D eigenvalue weighted by Crippen LogP contribution is 2.26. The maximum Gasteiger partial charge on any atom is 0.326 e. The molecule has 1 aromatic rings. The van der Waals surface area contributed by atoms with Crippen LogP contribution in [0.15, 0.2) is 27.1 Å². The van der Waals surface area contributed by atoms with Crippen LogP contribution < -0.4 is 10.6 Å². The topological polar surface area (TPSA) is 78.4 Å². The van der Waals surface area contributed by atoms with Gasteiger partial charge in [-0.2, -0.15) is 0 Å². The molecule has 1 rings (SSSR count). The number of hydrogen-bond donors (Lipinski definition) is 3. The average Bonchev–Trinajstić information content (AvgIpc) is 2.31. The molecule has 1 atom stereocenters. The fourth-order valence-electron chi connectivity index (χ4n) is 1.60. The highest BCUT2D eigenvalue weighted by atomic mass is 79.9. The molecule has 0 aliphatic rings. The lowest BCUT2D eigenvalue weighted by molar-refractivity contribution is -0.139. The highest BCUT2D eigenvalue weighted by Gasteiger charge is 2.21. The van der Waals surface area contributed by atoms with E-state index in [0.717, 1.165) is 4.47 Å². The molecular formula is C13H16Br2N2O3. The van der Waals surface area contributed by atoms with Gasteiger partial charge in [-0.05, 0) is 46.5 Å². The van der Waals surface area contributed by atoms with Gasteiger partial charge in [-0.1, -0.05) is 29.8 Å². The number of urea groups is 1. The quantitative estimate of drug-likeness (QED) is 0.693. The first-order valence-corrected chi connectivity index (χ1v) is 7.63. The minimum atomic E-state index is -1.04. The number of benzene rings is 1. The molecule has 3 N–H and O–H groups in total. The second kappa shape index (κ2) is 7.64. The maximum absolute atomic E-state index is 11.8. The predicted molar refractivity (Wildman–Crippen MR) is 84.9 cm³/mol. The molecule has 0 radical (unpaired) electrons. The summed E-state index contributed by atoms with van der Waals surface area (Å²) in [4.78, 5) is 22.9. The summed E-state index contributed by atoms with van der Waals surface area (Å²) in [5.74, 6) is -0.862. The summed E-state index contributed by atoms with van der Waals surface area (Å²) in [5, 5.41) is 14.1. The molecule has 0 spiro atoms. The number of carboxylic acid groups (broad SMARTS) is 1. The fraction of sp³-hybridized carbons (Fsp3) is 0.385. The van der Waals surface area contributed by atoms with Crippen LogP contribution in [-0.2, 0) is 4.79 Å². The van der Waals surface area contributed by atoms with E-state index in [1.54, 1.807) is 18.2 Å². The van der Waals surface area contributed by atoms with Crippen molar-refractivity contribution in [3.63, 3.8) is 0 Å². The molecule has 2 amide bonds. The maximum atomic E-state index is 11.8.